The minimum Gasteiger partial charge on any atom is -0.493 e. The first-order valence-corrected chi connectivity index (χ1v) is 11.1. The van der Waals surface area contributed by atoms with E-state index < -0.39 is 0 Å². The molecule has 1 aromatic heterocycles. The van der Waals surface area contributed by atoms with E-state index in [0.717, 1.165) is 24.4 Å². The Hall–Kier alpha value is -1.93. The molecule has 4 unspecified atom stereocenters. The second kappa shape index (κ2) is 6.91. The van der Waals surface area contributed by atoms with E-state index in [2.05, 4.69) is 20.4 Å². The zero-order chi connectivity index (χ0) is 19.2. The highest BCUT2D eigenvalue weighted by molar-refractivity contribution is 7.61. The maximum Gasteiger partial charge on any atom is 0.336 e. The van der Waals surface area contributed by atoms with Crippen molar-refractivity contribution in [1.82, 2.24) is 0 Å². The third-order valence-electron chi connectivity index (χ3n) is 6.40. The number of carbonyl (C=O) groups excluding carboxylic acids is 1. The smallest absolute Gasteiger partial charge is 0.336 e. The number of Topliss-reactive ketones (excluding diaryl/α,β-unsaturated/α-hetero) is 1. The molecule has 27 heavy (non-hydrogen) atoms. The summed E-state index contributed by atoms with van der Waals surface area (Å²) >= 11 is 0. The lowest BCUT2D eigenvalue weighted by atomic mass is 9.81. The van der Waals surface area contributed by atoms with Gasteiger partial charge in [-0.3, -0.25) is 4.79 Å². The van der Waals surface area contributed by atoms with Gasteiger partial charge in [0.05, 0.1) is 6.61 Å². The average Bonchev–Trinajstić information content (AvgIpc) is 2.64. The normalized spacial score (nSPS) is 31.0. The number of ketones is 1. The van der Waals surface area contributed by atoms with Crippen LogP contribution < -0.4 is 10.4 Å². The van der Waals surface area contributed by atoms with Crippen LogP contribution >= 0.6 is 7.92 Å². The molecule has 0 spiro atoms. The van der Waals surface area contributed by atoms with Crippen LogP contribution in [0.5, 0.6) is 5.75 Å². The van der Waals surface area contributed by atoms with Crippen molar-refractivity contribution in [3.05, 3.63) is 52.9 Å². The summed E-state index contributed by atoms with van der Waals surface area (Å²) in [6.07, 6.45) is 3.69. The van der Waals surface area contributed by atoms with Gasteiger partial charge in [-0.15, -0.1) is 0 Å². The average molecular weight is 384 g/mol. The number of carbonyl (C=O) groups is 1. The highest BCUT2D eigenvalue weighted by Gasteiger charge is 2.51. The molecule has 0 saturated carbocycles. The molecule has 2 fully saturated rings. The third-order valence-corrected chi connectivity index (χ3v) is 10.2. The molecule has 4 rings (SSSR count). The van der Waals surface area contributed by atoms with E-state index in [1.54, 1.807) is 12.1 Å². The van der Waals surface area contributed by atoms with Crippen molar-refractivity contribution in [1.29, 1.82) is 0 Å². The molecule has 2 saturated heterocycles. The quantitative estimate of drug-likeness (QED) is 0.436. The Kier molecular flexibility index (Phi) is 4.71. The standard InChI is InChI=1S/C22H25O4P/c1-14-9-11-27-15(2)19(23)8-10-22(27,3)18(14)13-25-17-6-4-16-5-7-21(24)26-20(16)12-17/h4-7,12,15,18H,1,8-11,13H2,2-3H3. The van der Waals surface area contributed by atoms with Crippen LogP contribution in [0.1, 0.15) is 33.1 Å². The lowest BCUT2D eigenvalue weighted by molar-refractivity contribution is -0.119. The van der Waals surface area contributed by atoms with Crippen LogP contribution in [0.25, 0.3) is 11.0 Å². The van der Waals surface area contributed by atoms with Gasteiger partial charge in [0.15, 0.2) is 0 Å². The van der Waals surface area contributed by atoms with Crippen LogP contribution in [0, 0.1) is 5.92 Å². The van der Waals surface area contributed by atoms with E-state index >= 15 is 0 Å². The first-order chi connectivity index (χ1) is 12.9. The second-order valence-electron chi connectivity index (χ2n) is 7.92. The molecule has 2 aliphatic heterocycles. The molecular formula is C22H25O4P. The van der Waals surface area contributed by atoms with Gasteiger partial charge in [-0.25, -0.2) is 4.79 Å². The number of ether oxygens (including phenoxy) is 1. The number of benzene rings is 1. The molecule has 142 valence electrons. The van der Waals surface area contributed by atoms with Gasteiger partial charge in [-0.1, -0.05) is 33.9 Å². The number of hydrogen-bond acceptors (Lipinski definition) is 4. The highest BCUT2D eigenvalue weighted by Crippen LogP contribution is 2.66. The van der Waals surface area contributed by atoms with E-state index in [4.69, 9.17) is 9.15 Å². The molecule has 4 nitrogen and oxygen atoms in total. The Morgan fingerprint density at radius 2 is 2.04 bits per heavy atom. The molecule has 0 aliphatic carbocycles. The van der Waals surface area contributed by atoms with E-state index in [1.807, 2.05) is 12.1 Å². The summed E-state index contributed by atoms with van der Waals surface area (Å²) in [6, 6.07) is 8.76. The molecule has 0 amide bonds. The summed E-state index contributed by atoms with van der Waals surface area (Å²) in [6.45, 7) is 9.34. The maximum absolute atomic E-state index is 12.2. The zero-order valence-corrected chi connectivity index (χ0v) is 16.8. The summed E-state index contributed by atoms with van der Waals surface area (Å²) in [4.78, 5) is 23.7. The van der Waals surface area contributed by atoms with Gasteiger partial charge in [0.1, 0.15) is 17.1 Å². The Labute approximate surface area is 160 Å². The minimum absolute atomic E-state index is 0.113. The fraction of sp³-hybridized carbons (Fsp3) is 0.455. The van der Waals surface area contributed by atoms with Crippen molar-refractivity contribution >= 4 is 24.7 Å². The van der Waals surface area contributed by atoms with Gasteiger partial charge in [0.25, 0.3) is 0 Å². The molecular weight excluding hydrogens is 359 g/mol. The topological polar surface area (TPSA) is 56.5 Å². The van der Waals surface area contributed by atoms with Crippen LogP contribution in [0.15, 0.2) is 51.7 Å². The minimum atomic E-state index is -0.362. The molecule has 0 N–H and O–H groups in total. The fourth-order valence-corrected chi connectivity index (χ4v) is 8.50. The van der Waals surface area contributed by atoms with Crippen LogP contribution in [0.4, 0.5) is 0 Å². The SMILES string of the molecule is C=C1CCP2C(C)C(=O)CCC2(C)C1COc1ccc2ccc(=O)oc2c1. The lowest BCUT2D eigenvalue weighted by Crippen LogP contribution is -2.48. The number of rotatable bonds is 3. The molecule has 3 heterocycles. The van der Waals surface area contributed by atoms with Crippen molar-refractivity contribution in [3.63, 3.8) is 0 Å². The molecule has 1 aromatic carbocycles. The molecule has 5 heteroatoms. The molecule has 2 aromatic rings. The Morgan fingerprint density at radius 3 is 2.85 bits per heavy atom. The maximum atomic E-state index is 12.2. The van der Waals surface area contributed by atoms with E-state index in [1.165, 1.54) is 11.6 Å². The monoisotopic (exact) mass is 384 g/mol. The van der Waals surface area contributed by atoms with E-state index in [0.29, 0.717) is 30.1 Å². The van der Waals surface area contributed by atoms with Gasteiger partial charge in [-0.2, -0.15) is 0 Å². The van der Waals surface area contributed by atoms with Crippen LogP contribution in [0.2, 0.25) is 0 Å². The zero-order valence-electron chi connectivity index (χ0n) is 15.9. The predicted molar refractivity (Wildman–Crippen MR) is 109 cm³/mol. The fourth-order valence-electron chi connectivity index (χ4n) is 4.65. The van der Waals surface area contributed by atoms with Gasteiger partial charge in [0.2, 0.25) is 0 Å². The second-order valence-corrected chi connectivity index (χ2v) is 11.1. The highest BCUT2D eigenvalue weighted by atomic mass is 31.1. The van der Waals surface area contributed by atoms with Crippen LogP contribution in [-0.4, -0.2) is 29.4 Å². The van der Waals surface area contributed by atoms with Crippen molar-refractivity contribution in [2.24, 2.45) is 5.92 Å². The predicted octanol–water partition coefficient (Wildman–Crippen LogP) is 4.74. The Bertz CT molecular complexity index is 962. The lowest BCUT2D eigenvalue weighted by Gasteiger charge is -2.53. The molecule has 0 radical (unpaired) electrons. The Balaban J connectivity index is 1.56. The van der Waals surface area contributed by atoms with Crippen LogP contribution in [0.3, 0.4) is 0 Å². The number of hydrogen-bond donors (Lipinski definition) is 0. The first-order valence-electron chi connectivity index (χ1n) is 9.52. The van der Waals surface area contributed by atoms with Crippen molar-refractivity contribution in [2.45, 2.75) is 43.9 Å². The Morgan fingerprint density at radius 1 is 1.26 bits per heavy atom. The summed E-state index contributed by atoms with van der Waals surface area (Å²) in [7, 11) is -0.358. The van der Waals surface area contributed by atoms with Gasteiger partial charge >= 0.3 is 5.63 Å². The summed E-state index contributed by atoms with van der Waals surface area (Å²) in [5.41, 5.74) is 1.60. The summed E-state index contributed by atoms with van der Waals surface area (Å²) in [5.74, 6) is 1.38. The van der Waals surface area contributed by atoms with Gasteiger partial charge in [-0.05, 0) is 42.4 Å². The van der Waals surface area contributed by atoms with E-state index in [-0.39, 0.29) is 30.3 Å². The van der Waals surface area contributed by atoms with E-state index in [9.17, 15) is 9.59 Å². The molecule has 4 atom stereocenters. The molecule has 0 bridgehead atoms. The third kappa shape index (κ3) is 3.25. The number of fused-ring (bicyclic) bond motifs is 2. The summed E-state index contributed by atoms with van der Waals surface area (Å²) < 4.78 is 11.4. The van der Waals surface area contributed by atoms with Gasteiger partial charge in [0, 0.05) is 35.5 Å². The first kappa shape index (κ1) is 18.4. The van der Waals surface area contributed by atoms with Crippen molar-refractivity contribution < 1.29 is 13.9 Å². The van der Waals surface area contributed by atoms with Crippen molar-refractivity contribution in [3.8, 4) is 5.75 Å². The molecule has 2 aliphatic rings. The largest absolute Gasteiger partial charge is 0.493 e. The summed E-state index contributed by atoms with van der Waals surface area (Å²) in [5, 5.41) is 0.987. The van der Waals surface area contributed by atoms with Crippen LogP contribution in [-0.2, 0) is 4.79 Å². The van der Waals surface area contributed by atoms with Gasteiger partial charge < -0.3 is 9.15 Å². The van der Waals surface area contributed by atoms with Crippen molar-refractivity contribution in [2.75, 3.05) is 12.8 Å².